The predicted octanol–water partition coefficient (Wildman–Crippen LogP) is 2.63. The van der Waals surface area contributed by atoms with Gasteiger partial charge in [-0.3, -0.25) is 4.79 Å². The minimum absolute atomic E-state index is 0.165. The van der Waals surface area contributed by atoms with Gasteiger partial charge in [0.15, 0.2) is 0 Å². The standard InChI is InChI=1S/C20H30N2O2/c23-20(21-19-10-14-24-15-11-19)18-9-5-13-22(16-18)12-4-8-17-6-2-1-3-7-17/h1-3,6-7,18-19H,4-5,8-16H2,(H,21,23). The van der Waals surface area contributed by atoms with E-state index >= 15 is 0 Å². The number of amides is 1. The fourth-order valence-corrected chi connectivity index (χ4v) is 3.79. The van der Waals surface area contributed by atoms with Crippen LogP contribution < -0.4 is 5.32 Å². The van der Waals surface area contributed by atoms with Gasteiger partial charge in [-0.15, -0.1) is 0 Å². The molecular formula is C20H30N2O2. The van der Waals surface area contributed by atoms with Gasteiger partial charge in [0.2, 0.25) is 5.91 Å². The number of rotatable bonds is 6. The summed E-state index contributed by atoms with van der Waals surface area (Å²) in [4.78, 5) is 15.0. The number of benzene rings is 1. The molecule has 1 unspecified atom stereocenters. The summed E-state index contributed by atoms with van der Waals surface area (Å²) in [5.41, 5.74) is 1.41. The summed E-state index contributed by atoms with van der Waals surface area (Å²) in [7, 11) is 0. The fourth-order valence-electron chi connectivity index (χ4n) is 3.79. The van der Waals surface area contributed by atoms with Gasteiger partial charge in [-0.1, -0.05) is 30.3 Å². The number of nitrogens with zero attached hydrogens (tertiary/aromatic N) is 1. The third-order valence-electron chi connectivity index (χ3n) is 5.23. The first kappa shape index (κ1) is 17.4. The Morgan fingerprint density at radius 2 is 1.96 bits per heavy atom. The highest BCUT2D eigenvalue weighted by Gasteiger charge is 2.27. The highest BCUT2D eigenvalue weighted by molar-refractivity contribution is 5.79. The molecule has 4 nitrogen and oxygen atoms in total. The molecule has 2 aliphatic heterocycles. The van der Waals surface area contributed by atoms with Gasteiger partial charge in [-0.2, -0.15) is 0 Å². The summed E-state index contributed by atoms with van der Waals surface area (Å²) in [6, 6.07) is 11.0. The molecule has 24 heavy (non-hydrogen) atoms. The minimum Gasteiger partial charge on any atom is -0.381 e. The van der Waals surface area contributed by atoms with Crippen LogP contribution in [-0.2, 0) is 16.0 Å². The van der Waals surface area contributed by atoms with Crippen LogP contribution in [0.4, 0.5) is 0 Å². The molecule has 0 saturated carbocycles. The Hall–Kier alpha value is -1.39. The molecule has 132 valence electrons. The topological polar surface area (TPSA) is 41.6 Å². The molecule has 1 atom stereocenters. The lowest BCUT2D eigenvalue weighted by molar-refractivity contribution is -0.128. The SMILES string of the molecule is O=C(NC1CCOCC1)C1CCCN(CCCc2ccccc2)C1. The molecule has 1 amide bonds. The molecule has 0 radical (unpaired) electrons. The van der Waals surface area contributed by atoms with Gasteiger partial charge in [0.1, 0.15) is 0 Å². The van der Waals surface area contributed by atoms with Crippen LogP contribution in [0, 0.1) is 5.92 Å². The molecule has 1 aromatic carbocycles. The second-order valence-electron chi connectivity index (χ2n) is 7.12. The van der Waals surface area contributed by atoms with E-state index in [-0.39, 0.29) is 11.8 Å². The van der Waals surface area contributed by atoms with Crippen molar-refractivity contribution in [2.45, 2.75) is 44.6 Å². The molecule has 3 rings (SSSR count). The summed E-state index contributed by atoms with van der Waals surface area (Å²) in [6.45, 7) is 4.71. The van der Waals surface area contributed by atoms with Gasteiger partial charge in [-0.05, 0) is 57.2 Å². The average Bonchev–Trinajstić information content (AvgIpc) is 2.64. The highest BCUT2D eigenvalue weighted by Crippen LogP contribution is 2.18. The zero-order valence-electron chi connectivity index (χ0n) is 14.6. The second-order valence-corrected chi connectivity index (χ2v) is 7.12. The van der Waals surface area contributed by atoms with E-state index < -0.39 is 0 Å². The van der Waals surface area contributed by atoms with Gasteiger partial charge in [0.05, 0.1) is 5.92 Å². The maximum atomic E-state index is 12.5. The van der Waals surface area contributed by atoms with Gasteiger partial charge in [0.25, 0.3) is 0 Å². The van der Waals surface area contributed by atoms with Gasteiger partial charge < -0.3 is 15.0 Å². The fraction of sp³-hybridized carbons (Fsp3) is 0.650. The Balaban J connectivity index is 1.39. The van der Waals surface area contributed by atoms with E-state index in [9.17, 15) is 4.79 Å². The molecule has 2 saturated heterocycles. The summed E-state index contributed by atoms with van der Waals surface area (Å²) in [5.74, 6) is 0.424. The third-order valence-corrected chi connectivity index (χ3v) is 5.23. The van der Waals surface area contributed by atoms with Crippen LogP contribution in [0.2, 0.25) is 0 Å². The quantitative estimate of drug-likeness (QED) is 0.872. The van der Waals surface area contributed by atoms with Crippen LogP contribution in [0.3, 0.4) is 0 Å². The van der Waals surface area contributed by atoms with Crippen LogP contribution in [0.25, 0.3) is 0 Å². The van der Waals surface area contributed by atoms with Crippen LogP contribution >= 0.6 is 0 Å². The first-order valence-corrected chi connectivity index (χ1v) is 9.45. The van der Waals surface area contributed by atoms with Crippen molar-refractivity contribution in [2.75, 3.05) is 32.8 Å². The smallest absolute Gasteiger partial charge is 0.224 e. The van der Waals surface area contributed by atoms with Crippen molar-refractivity contribution in [3.05, 3.63) is 35.9 Å². The van der Waals surface area contributed by atoms with E-state index in [2.05, 4.69) is 40.5 Å². The Morgan fingerprint density at radius 3 is 2.75 bits per heavy atom. The number of nitrogens with one attached hydrogen (secondary N) is 1. The number of carbonyl (C=O) groups excluding carboxylic acids is 1. The van der Waals surface area contributed by atoms with Crippen molar-refractivity contribution in [3.63, 3.8) is 0 Å². The van der Waals surface area contributed by atoms with Crippen LogP contribution in [0.15, 0.2) is 30.3 Å². The third kappa shape index (κ3) is 5.32. The van der Waals surface area contributed by atoms with Crippen molar-refractivity contribution in [2.24, 2.45) is 5.92 Å². The lowest BCUT2D eigenvalue weighted by atomic mass is 9.96. The normalized spacial score (nSPS) is 23.1. The number of ether oxygens (including phenoxy) is 1. The van der Waals surface area contributed by atoms with Gasteiger partial charge in [0, 0.05) is 25.8 Å². The maximum absolute atomic E-state index is 12.5. The highest BCUT2D eigenvalue weighted by atomic mass is 16.5. The Kier molecular flexibility index (Phi) is 6.67. The molecule has 2 fully saturated rings. The van der Waals surface area contributed by atoms with Gasteiger partial charge >= 0.3 is 0 Å². The Bertz CT molecular complexity index is 500. The van der Waals surface area contributed by atoms with E-state index in [1.807, 2.05) is 0 Å². The zero-order chi connectivity index (χ0) is 16.6. The van der Waals surface area contributed by atoms with E-state index in [4.69, 9.17) is 4.74 Å². The molecule has 0 aliphatic carbocycles. The summed E-state index contributed by atoms with van der Waals surface area (Å²) in [5, 5.41) is 3.25. The Labute approximate surface area is 145 Å². The monoisotopic (exact) mass is 330 g/mol. The van der Waals surface area contributed by atoms with E-state index in [0.717, 1.165) is 71.4 Å². The second kappa shape index (κ2) is 9.19. The molecule has 1 N–H and O–H groups in total. The van der Waals surface area contributed by atoms with Gasteiger partial charge in [-0.25, -0.2) is 0 Å². The number of aryl methyl sites for hydroxylation is 1. The largest absolute Gasteiger partial charge is 0.381 e. The molecule has 2 heterocycles. The molecule has 1 aromatic rings. The lowest BCUT2D eigenvalue weighted by Crippen LogP contribution is -2.47. The maximum Gasteiger partial charge on any atom is 0.224 e. The molecule has 4 heteroatoms. The predicted molar refractivity (Wildman–Crippen MR) is 95.9 cm³/mol. The first-order valence-electron chi connectivity index (χ1n) is 9.45. The van der Waals surface area contributed by atoms with Crippen LogP contribution in [0.5, 0.6) is 0 Å². The van der Waals surface area contributed by atoms with Crippen LogP contribution in [-0.4, -0.2) is 49.7 Å². The van der Waals surface area contributed by atoms with E-state index in [0.29, 0.717) is 6.04 Å². The molecule has 0 spiro atoms. The molecule has 0 aromatic heterocycles. The summed E-state index contributed by atoms with van der Waals surface area (Å²) < 4.78 is 5.37. The number of piperidine rings is 1. The van der Waals surface area contributed by atoms with E-state index in [1.54, 1.807) is 0 Å². The molecule has 2 aliphatic rings. The molecule has 0 bridgehead atoms. The van der Waals surface area contributed by atoms with E-state index in [1.165, 1.54) is 5.56 Å². The average molecular weight is 330 g/mol. The first-order chi connectivity index (χ1) is 11.8. The number of hydrogen-bond donors (Lipinski definition) is 1. The number of likely N-dealkylation sites (tertiary alicyclic amines) is 1. The summed E-state index contributed by atoms with van der Waals surface area (Å²) >= 11 is 0. The Morgan fingerprint density at radius 1 is 1.17 bits per heavy atom. The van der Waals surface area contributed by atoms with Crippen molar-refractivity contribution >= 4 is 5.91 Å². The minimum atomic E-state index is 0.165. The van der Waals surface area contributed by atoms with Crippen molar-refractivity contribution < 1.29 is 9.53 Å². The van der Waals surface area contributed by atoms with Crippen molar-refractivity contribution in [3.8, 4) is 0 Å². The number of carbonyl (C=O) groups is 1. The molecular weight excluding hydrogens is 300 g/mol. The zero-order valence-corrected chi connectivity index (χ0v) is 14.6. The van der Waals surface area contributed by atoms with Crippen LogP contribution in [0.1, 0.15) is 37.7 Å². The summed E-state index contributed by atoms with van der Waals surface area (Å²) in [6.07, 6.45) is 6.37. The van der Waals surface area contributed by atoms with Crippen molar-refractivity contribution in [1.29, 1.82) is 0 Å². The lowest BCUT2D eigenvalue weighted by Gasteiger charge is -2.33. The van der Waals surface area contributed by atoms with Crippen molar-refractivity contribution in [1.82, 2.24) is 10.2 Å². The number of hydrogen-bond acceptors (Lipinski definition) is 3.